The fraction of sp³-hybridized carbons (Fsp3) is 0.100. The van der Waals surface area contributed by atoms with Gasteiger partial charge in [-0.25, -0.2) is 0 Å². The normalized spacial score (nSPS) is 15.3. The van der Waals surface area contributed by atoms with Crippen LogP contribution in [0.2, 0.25) is 0 Å². The summed E-state index contributed by atoms with van der Waals surface area (Å²) in [7, 11) is 0. The van der Waals surface area contributed by atoms with E-state index < -0.39 is 28.5 Å². The maximum absolute atomic E-state index is 13.1. The number of phenolic OH excluding ortho intramolecular Hbond substituents is 4. The largest absolute Gasteiger partial charge is 0.508 e. The molecular formula is C30H20O10. The molecule has 10 nitrogen and oxygen atoms in total. The third-order valence-corrected chi connectivity index (χ3v) is 6.79. The molecule has 0 aliphatic heterocycles. The molecule has 0 fully saturated rings. The summed E-state index contributed by atoms with van der Waals surface area (Å²) < 4.78 is 16.9. The van der Waals surface area contributed by atoms with Gasteiger partial charge in [-0.15, -0.1) is 0 Å². The average molecular weight is 540 g/mol. The summed E-state index contributed by atoms with van der Waals surface area (Å²) in [6.45, 7) is 0. The van der Waals surface area contributed by atoms with Crippen molar-refractivity contribution in [2.75, 3.05) is 0 Å². The molecule has 3 aromatic carbocycles. The topological polar surface area (TPSA) is 168 Å². The van der Waals surface area contributed by atoms with Gasteiger partial charge >= 0.3 is 0 Å². The van der Waals surface area contributed by atoms with Crippen LogP contribution in [0.4, 0.5) is 0 Å². The molecule has 200 valence electrons. The fourth-order valence-electron chi connectivity index (χ4n) is 4.81. The van der Waals surface area contributed by atoms with E-state index in [9.17, 15) is 34.8 Å². The fourth-order valence-corrected chi connectivity index (χ4v) is 4.81. The van der Waals surface area contributed by atoms with Gasteiger partial charge in [0.1, 0.15) is 63.2 Å². The zero-order valence-electron chi connectivity index (χ0n) is 20.6. The number of rotatable bonds is 4. The first-order valence-electron chi connectivity index (χ1n) is 12.1. The Morgan fingerprint density at radius 1 is 0.725 bits per heavy atom. The molecule has 40 heavy (non-hydrogen) atoms. The summed E-state index contributed by atoms with van der Waals surface area (Å²) in [4.78, 5) is 38.7. The highest BCUT2D eigenvalue weighted by Gasteiger charge is 2.28. The summed E-state index contributed by atoms with van der Waals surface area (Å²) in [5, 5.41) is 39.4. The number of carbonyl (C=O) groups is 1. The molecule has 2 aromatic heterocycles. The first kappa shape index (κ1) is 24.8. The smallest absolute Gasteiger partial charge is 0.204 e. The van der Waals surface area contributed by atoms with E-state index in [0.29, 0.717) is 16.9 Å². The molecule has 2 heterocycles. The lowest BCUT2D eigenvalue weighted by atomic mass is 9.91. The van der Waals surface area contributed by atoms with Gasteiger partial charge in [-0.2, -0.15) is 0 Å². The summed E-state index contributed by atoms with van der Waals surface area (Å²) >= 11 is 0. The maximum atomic E-state index is 13.1. The van der Waals surface area contributed by atoms with Crippen LogP contribution in [0.15, 0.2) is 85.6 Å². The van der Waals surface area contributed by atoms with Crippen LogP contribution < -0.4 is 15.6 Å². The van der Waals surface area contributed by atoms with Gasteiger partial charge in [-0.3, -0.25) is 14.4 Å². The quantitative estimate of drug-likeness (QED) is 0.253. The number of hydrogen-bond donors (Lipinski definition) is 4. The van der Waals surface area contributed by atoms with E-state index in [-0.39, 0.29) is 63.2 Å². The molecule has 0 bridgehead atoms. The Labute approximate surface area is 224 Å². The van der Waals surface area contributed by atoms with E-state index >= 15 is 0 Å². The molecule has 0 amide bonds. The van der Waals surface area contributed by atoms with Gasteiger partial charge < -0.3 is 34.0 Å². The SMILES string of the molecule is O=C1CC=C(c2coc3cc(O)cc(O)c3c2=O)CC1Oc1ccc(-c2coc3cc(O)cc(O)c3c2=O)cc1. The van der Waals surface area contributed by atoms with E-state index in [2.05, 4.69) is 0 Å². The van der Waals surface area contributed by atoms with Crippen molar-refractivity contribution in [3.8, 4) is 39.9 Å². The molecule has 1 atom stereocenters. The van der Waals surface area contributed by atoms with Crippen molar-refractivity contribution in [2.45, 2.75) is 18.9 Å². The first-order valence-corrected chi connectivity index (χ1v) is 12.1. The van der Waals surface area contributed by atoms with Crippen molar-refractivity contribution in [1.82, 2.24) is 0 Å². The second-order valence-corrected chi connectivity index (χ2v) is 9.37. The molecule has 10 heteroatoms. The van der Waals surface area contributed by atoms with Gasteiger partial charge in [0.25, 0.3) is 0 Å². The number of carbonyl (C=O) groups excluding carboxylic acids is 1. The van der Waals surface area contributed by atoms with E-state index in [0.717, 1.165) is 12.1 Å². The van der Waals surface area contributed by atoms with Crippen LogP contribution >= 0.6 is 0 Å². The van der Waals surface area contributed by atoms with Gasteiger partial charge in [0, 0.05) is 37.1 Å². The van der Waals surface area contributed by atoms with Crippen molar-refractivity contribution in [1.29, 1.82) is 0 Å². The van der Waals surface area contributed by atoms with E-state index in [1.165, 1.54) is 24.7 Å². The van der Waals surface area contributed by atoms with Crippen molar-refractivity contribution in [3.63, 3.8) is 0 Å². The minimum atomic E-state index is -0.898. The zero-order chi connectivity index (χ0) is 28.1. The van der Waals surface area contributed by atoms with Gasteiger partial charge in [0.2, 0.25) is 10.9 Å². The molecule has 0 spiro atoms. The van der Waals surface area contributed by atoms with Crippen LogP contribution in [0.25, 0.3) is 38.6 Å². The number of benzene rings is 3. The summed E-state index contributed by atoms with van der Waals surface area (Å²) in [5.74, 6) is -1.15. The maximum Gasteiger partial charge on any atom is 0.204 e. The number of ether oxygens (including phenoxy) is 1. The van der Waals surface area contributed by atoms with Crippen LogP contribution in [-0.2, 0) is 4.79 Å². The lowest BCUT2D eigenvalue weighted by molar-refractivity contribution is -0.125. The van der Waals surface area contributed by atoms with Gasteiger partial charge in [0.05, 0.1) is 11.1 Å². The predicted octanol–water partition coefficient (Wildman–Crippen LogP) is 4.58. The van der Waals surface area contributed by atoms with E-state index in [1.807, 2.05) is 0 Å². The summed E-state index contributed by atoms with van der Waals surface area (Å²) in [5.41, 5.74) is 0.427. The number of Topliss-reactive ketones (excluding diaryl/α,β-unsaturated/α-hetero) is 1. The molecule has 6 rings (SSSR count). The van der Waals surface area contributed by atoms with Crippen LogP contribution in [0.3, 0.4) is 0 Å². The molecule has 0 radical (unpaired) electrons. The third kappa shape index (κ3) is 4.21. The highest BCUT2D eigenvalue weighted by atomic mass is 16.5. The van der Waals surface area contributed by atoms with Crippen LogP contribution in [0, 0.1) is 0 Å². The number of allylic oxidation sites excluding steroid dienone is 1. The second-order valence-electron chi connectivity index (χ2n) is 9.37. The monoisotopic (exact) mass is 540 g/mol. The Morgan fingerprint density at radius 2 is 1.27 bits per heavy atom. The molecule has 1 aliphatic carbocycles. The molecular weight excluding hydrogens is 520 g/mol. The predicted molar refractivity (Wildman–Crippen MR) is 144 cm³/mol. The Hall–Kier alpha value is -5.51. The molecule has 0 saturated heterocycles. The van der Waals surface area contributed by atoms with Crippen LogP contribution in [0.1, 0.15) is 18.4 Å². The van der Waals surface area contributed by atoms with Crippen molar-refractivity contribution in [2.24, 2.45) is 0 Å². The number of phenols is 4. The molecule has 5 aromatic rings. The second kappa shape index (κ2) is 9.35. The Balaban J connectivity index is 1.25. The van der Waals surface area contributed by atoms with Crippen molar-refractivity contribution >= 4 is 33.3 Å². The van der Waals surface area contributed by atoms with Crippen molar-refractivity contribution in [3.05, 3.63) is 93.1 Å². The number of fused-ring (bicyclic) bond motifs is 2. The van der Waals surface area contributed by atoms with Crippen LogP contribution in [-0.4, -0.2) is 32.3 Å². The lowest BCUT2D eigenvalue weighted by Gasteiger charge is -2.23. The third-order valence-electron chi connectivity index (χ3n) is 6.79. The van der Waals surface area contributed by atoms with E-state index in [4.69, 9.17) is 13.6 Å². The number of aromatic hydroxyl groups is 4. The highest BCUT2D eigenvalue weighted by Crippen LogP contribution is 2.33. The Bertz CT molecular complexity index is 1980. The average Bonchev–Trinajstić information content (AvgIpc) is 2.90. The molecule has 0 saturated carbocycles. The molecule has 4 N–H and O–H groups in total. The van der Waals surface area contributed by atoms with E-state index in [1.54, 1.807) is 30.3 Å². The Morgan fingerprint density at radius 3 is 1.88 bits per heavy atom. The molecule has 1 unspecified atom stereocenters. The minimum Gasteiger partial charge on any atom is -0.508 e. The number of hydrogen-bond acceptors (Lipinski definition) is 10. The highest BCUT2D eigenvalue weighted by molar-refractivity contribution is 5.93. The standard InChI is InChI=1S/C30H20O10/c31-16-8-22(34)27-25(10-16)38-12-19(29(27)36)14-1-4-18(5-2-14)40-24-7-15(3-6-21(24)33)20-13-39-26-11-17(32)9-23(35)28(26)30(20)37/h1-5,8-13,24,31-32,34-35H,6-7H2. The molecule has 1 aliphatic rings. The zero-order valence-corrected chi connectivity index (χ0v) is 20.6. The summed E-state index contributed by atoms with van der Waals surface area (Å²) in [6.07, 6.45) is 3.28. The van der Waals surface area contributed by atoms with Crippen molar-refractivity contribution < 1.29 is 38.8 Å². The lowest BCUT2D eigenvalue weighted by Crippen LogP contribution is -2.30. The Kier molecular flexibility index (Phi) is 5.80. The summed E-state index contributed by atoms with van der Waals surface area (Å²) in [6, 6.07) is 10.9. The van der Waals surface area contributed by atoms with Gasteiger partial charge in [-0.1, -0.05) is 18.2 Å². The number of ketones is 1. The van der Waals surface area contributed by atoms with Crippen LogP contribution in [0.5, 0.6) is 28.7 Å². The first-order chi connectivity index (χ1) is 19.2. The minimum absolute atomic E-state index is 0.0221. The van der Waals surface area contributed by atoms with Gasteiger partial charge in [-0.05, 0) is 23.3 Å². The van der Waals surface area contributed by atoms with Gasteiger partial charge in [0.15, 0.2) is 11.9 Å².